The average Bonchev–Trinajstić information content (AvgIpc) is 3.16. The van der Waals surface area contributed by atoms with Gasteiger partial charge in [-0.1, -0.05) is 44.3 Å². The Morgan fingerprint density at radius 2 is 1.85 bits per heavy atom. The zero-order valence-electron chi connectivity index (χ0n) is 23.6. The lowest BCUT2D eigenvalue weighted by molar-refractivity contribution is -0.143. The molecular weight excluding hydrogens is 498 g/mol. The number of nitrogens with one attached hydrogen (secondary N) is 2. The van der Waals surface area contributed by atoms with Gasteiger partial charge in [0.05, 0.1) is 12.3 Å². The first-order valence-electron chi connectivity index (χ1n) is 14.2. The molecule has 0 aromatic carbocycles. The summed E-state index contributed by atoms with van der Waals surface area (Å²) in [6, 6.07) is -1.01. The van der Waals surface area contributed by atoms with Crippen molar-refractivity contribution in [2.75, 3.05) is 13.2 Å². The SMILES string of the molecule is C#C[C@]1(O)CC[C@H]2[C@@H]3CCC4=C/C(=N/OCC(=O)NCC(=O)N[C@@H](C(=O)O)C(C)C)CC[C@]4(C)[C@H]3CC[C@@]21C. The van der Waals surface area contributed by atoms with Crippen molar-refractivity contribution in [3.63, 3.8) is 0 Å². The van der Waals surface area contributed by atoms with Crippen LogP contribution in [0.1, 0.15) is 79.1 Å². The fraction of sp³-hybridized carbons (Fsp3) is 0.733. The lowest BCUT2D eigenvalue weighted by atomic mass is 9.46. The molecule has 0 bridgehead atoms. The first-order valence-corrected chi connectivity index (χ1v) is 14.2. The van der Waals surface area contributed by atoms with Crippen LogP contribution < -0.4 is 10.6 Å². The summed E-state index contributed by atoms with van der Waals surface area (Å²) < 4.78 is 0. The Morgan fingerprint density at radius 1 is 1.13 bits per heavy atom. The van der Waals surface area contributed by atoms with Gasteiger partial charge in [0, 0.05) is 5.41 Å². The second kappa shape index (κ2) is 11.0. The van der Waals surface area contributed by atoms with Crippen LogP contribution in [0.2, 0.25) is 0 Å². The standard InChI is InChI=1S/C30H43N3O6/c1-6-30(38)14-11-23-21-8-7-19-15-20(9-12-28(19,4)22(21)10-13-29(23,30)5)33-39-17-25(35)31-16-24(34)32-26(18(2)3)27(36)37/h1,15,18,21-23,26,38H,7-14,16-17H2,2-5H3,(H,31,35)(H,32,34)(H,36,37)/b33-20+/t21-,22+,23+,26-,28+,29+,30+/m1/s1. The lowest BCUT2D eigenvalue weighted by Crippen LogP contribution is -2.54. The molecule has 0 radical (unpaired) electrons. The van der Waals surface area contributed by atoms with Gasteiger partial charge in [-0.3, -0.25) is 9.59 Å². The van der Waals surface area contributed by atoms with Gasteiger partial charge in [0.15, 0.2) is 6.61 Å². The highest BCUT2D eigenvalue weighted by Crippen LogP contribution is 2.67. The summed E-state index contributed by atoms with van der Waals surface area (Å²) in [5, 5.41) is 29.4. The van der Waals surface area contributed by atoms with E-state index >= 15 is 0 Å². The molecule has 9 heteroatoms. The monoisotopic (exact) mass is 541 g/mol. The van der Waals surface area contributed by atoms with Crippen molar-refractivity contribution in [3.05, 3.63) is 11.6 Å². The van der Waals surface area contributed by atoms with E-state index in [2.05, 4.69) is 41.6 Å². The quantitative estimate of drug-likeness (QED) is 0.275. The van der Waals surface area contributed by atoms with Crippen LogP contribution in [0.15, 0.2) is 16.8 Å². The first kappa shape index (κ1) is 29.1. The van der Waals surface area contributed by atoms with E-state index in [1.165, 1.54) is 5.57 Å². The van der Waals surface area contributed by atoms with Gasteiger partial charge in [-0.2, -0.15) is 0 Å². The van der Waals surface area contributed by atoms with Gasteiger partial charge in [-0.05, 0) is 86.5 Å². The summed E-state index contributed by atoms with van der Waals surface area (Å²) in [6.07, 6.45) is 15.5. The Balaban J connectivity index is 1.31. The van der Waals surface area contributed by atoms with E-state index in [0.29, 0.717) is 24.2 Å². The topological polar surface area (TPSA) is 137 Å². The number of carbonyl (C=O) groups is 3. The molecule has 0 aliphatic heterocycles. The van der Waals surface area contributed by atoms with Crippen LogP contribution in [0.4, 0.5) is 0 Å². The van der Waals surface area contributed by atoms with E-state index in [9.17, 15) is 24.6 Å². The smallest absolute Gasteiger partial charge is 0.326 e. The Kier molecular flexibility index (Phi) is 8.18. The van der Waals surface area contributed by atoms with Gasteiger partial charge in [-0.25, -0.2) is 4.79 Å². The van der Waals surface area contributed by atoms with Gasteiger partial charge in [0.1, 0.15) is 11.6 Å². The maximum Gasteiger partial charge on any atom is 0.326 e. The molecule has 9 nitrogen and oxygen atoms in total. The predicted octanol–water partition coefficient (Wildman–Crippen LogP) is 3.03. The maximum atomic E-state index is 12.1. The molecule has 3 saturated carbocycles. The Bertz CT molecular complexity index is 1110. The molecule has 0 heterocycles. The molecule has 4 aliphatic carbocycles. The van der Waals surface area contributed by atoms with Gasteiger partial charge in [0.2, 0.25) is 5.91 Å². The summed E-state index contributed by atoms with van der Waals surface area (Å²) in [6.45, 7) is 7.31. The first-order chi connectivity index (χ1) is 18.3. The number of terminal acetylenes is 1. The molecule has 4 N–H and O–H groups in total. The molecule has 4 rings (SSSR count). The van der Waals surface area contributed by atoms with Crippen molar-refractivity contribution in [2.45, 2.75) is 90.7 Å². The molecule has 4 aliphatic rings. The number of rotatable bonds is 8. The molecule has 214 valence electrons. The number of amides is 2. The number of carboxylic acid groups (broad SMARTS) is 1. The fourth-order valence-electron chi connectivity index (χ4n) is 8.04. The molecule has 0 spiro atoms. The number of carbonyl (C=O) groups excluding carboxylic acids is 2. The number of allylic oxidation sites excluding steroid dienone is 2. The Hall–Kier alpha value is -2.86. The number of hydrogen-bond donors (Lipinski definition) is 4. The summed E-state index contributed by atoms with van der Waals surface area (Å²) in [4.78, 5) is 40.6. The minimum absolute atomic E-state index is 0.0919. The molecule has 2 amide bonds. The van der Waals surface area contributed by atoms with E-state index in [-0.39, 0.29) is 29.9 Å². The highest BCUT2D eigenvalue weighted by atomic mass is 16.6. The van der Waals surface area contributed by atoms with Gasteiger partial charge in [-0.15, -0.1) is 6.42 Å². The normalized spacial score (nSPS) is 37.0. The van der Waals surface area contributed by atoms with Crippen LogP contribution in [0.3, 0.4) is 0 Å². The number of aliphatic carboxylic acids is 1. The zero-order valence-corrected chi connectivity index (χ0v) is 23.6. The lowest BCUT2D eigenvalue weighted by Gasteiger charge is -2.58. The maximum absolute atomic E-state index is 12.1. The Morgan fingerprint density at radius 3 is 2.51 bits per heavy atom. The van der Waals surface area contributed by atoms with Crippen molar-refractivity contribution in [1.29, 1.82) is 0 Å². The van der Waals surface area contributed by atoms with Gasteiger partial charge in [0.25, 0.3) is 5.91 Å². The summed E-state index contributed by atoms with van der Waals surface area (Å²) >= 11 is 0. The summed E-state index contributed by atoms with van der Waals surface area (Å²) in [5.41, 5.74) is 1.10. The number of carboxylic acids is 1. The Labute approximate surface area is 231 Å². The number of hydrogen-bond acceptors (Lipinski definition) is 6. The summed E-state index contributed by atoms with van der Waals surface area (Å²) in [7, 11) is 0. The molecular formula is C30H43N3O6. The molecule has 7 atom stereocenters. The fourth-order valence-corrected chi connectivity index (χ4v) is 8.04. The molecule has 0 unspecified atom stereocenters. The predicted molar refractivity (Wildman–Crippen MR) is 146 cm³/mol. The van der Waals surface area contributed by atoms with Crippen molar-refractivity contribution in [3.8, 4) is 12.3 Å². The van der Waals surface area contributed by atoms with Crippen molar-refractivity contribution >= 4 is 23.5 Å². The molecule has 0 aromatic heterocycles. The van der Waals surface area contributed by atoms with Crippen LogP contribution in [-0.4, -0.2) is 58.5 Å². The van der Waals surface area contributed by atoms with Crippen molar-refractivity contribution < 1.29 is 29.4 Å². The number of aliphatic hydroxyl groups is 1. The third-order valence-corrected chi connectivity index (χ3v) is 10.4. The highest BCUT2D eigenvalue weighted by Gasteiger charge is 2.63. The second-order valence-electron chi connectivity index (χ2n) is 12.8. The molecule has 0 saturated heterocycles. The number of oxime groups is 1. The van der Waals surface area contributed by atoms with E-state index in [0.717, 1.165) is 50.7 Å². The van der Waals surface area contributed by atoms with E-state index in [1.807, 2.05) is 0 Å². The average molecular weight is 542 g/mol. The number of nitrogens with zero attached hydrogens (tertiary/aromatic N) is 1. The van der Waals surface area contributed by atoms with Crippen LogP contribution in [-0.2, 0) is 19.2 Å². The van der Waals surface area contributed by atoms with Crippen LogP contribution in [0, 0.1) is 46.8 Å². The minimum atomic E-state index is -1.12. The van der Waals surface area contributed by atoms with Crippen LogP contribution in [0.25, 0.3) is 0 Å². The van der Waals surface area contributed by atoms with Crippen LogP contribution in [0.5, 0.6) is 0 Å². The van der Waals surface area contributed by atoms with Gasteiger partial charge >= 0.3 is 5.97 Å². The highest BCUT2D eigenvalue weighted by molar-refractivity contribution is 5.96. The zero-order chi connectivity index (χ0) is 28.6. The summed E-state index contributed by atoms with van der Waals surface area (Å²) in [5.74, 6) is 1.85. The van der Waals surface area contributed by atoms with Crippen LogP contribution >= 0.6 is 0 Å². The molecule has 0 aromatic rings. The van der Waals surface area contributed by atoms with E-state index < -0.39 is 29.4 Å². The largest absolute Gasteiger partial charge is 0.480 e. The van der Waals surface area contributed by atoms with E-state index in [1.54, 1.807) is 13.8 Å². The van der Waals surface area contributed by atoms with Crippen molar-refractivity contribution in [1.82, 2.24) is 10.6 Å². The van der Waals surface area contributed by atoms with E-state index in [4.69, 9.17) is 11.3 Å². The molecule has 39 heavy (non-hydrogen) atoms. The second-order valence-corrected chi connectivity index (χ2v) is 12.8. The van der Waals surface area contributed by atoms with Gasteiger partial charge < -0.3 is 25.7 Å². The van der Waals surface area contributed by atoms with Crippen molar-refractivity contribution in [2.24, 2.45) is 39.7 Å². The molecule has 3 fully saturated rings. The number of fused-ring (bicyclic) bond motifs is 5. The minimum Gasteiger partial charge on any atom is -0.480 e. The third-order valence-electron chi connectivity index (χ3n) is 10.4. The third kappa shape index (κ3) is 5.32.